The smallest absolute Gasteiger partial charge is 0.229 e. The van der Waals surface area contributed by atoms with Gasteiger partial charge in [-0.25, -0.2) is 9.97 Å². The standard InChI is InChI=1S/C27H31N3O2/c1-32-23-15-13-22(14-16-23)25-19-28-27(30-26(31)18-21-10-6-3-7-11-21)24(29-25)17-12-20-8-4-2-5-9-20/h3,6-7,10-11,13-16,19-20H,2,4-5,8-9,12,17-18H2,1H3,(H,28,30,31). The molecule has 1 fully saturated rings. The van der Waals surface area contributed by atoms with E-state index in [-0.39, 0.29) is 5.91 Å². The Morgan fingerprint density at radius 2 is 1.78 bits per heavy atom. The summed E-state index contributed by atoms with van der Waals surface area (Å²) < 4.78 is 5.26. The number of methoxy groups -OCH3 is 1. The summed E-state index contributed by atoms with van der Waals surface area (Å²) >= 11 is 0. The predicted octanol–water partition coefficient (Wildman–Crippen LogP) is 5.85. The lowest BCUT2D eigenvalue weighted by molar-refractivity contribution is -0.115. The van der Waals surface area contributed by atoms with E-state index in [4.69, 9.17) is 9.72 Å². The topological polar surface area (TPSA) is 64.1 Å². The van der Waals surface area contributed by atoms with Gasteiger partial charge in [0.05, 0.1) is 31.1 Å². The van der Waals surface area contributed by atoms with Crippen molar-refractivity contribution < 1.29 is 9.53 Å². The summed E-state index contributed by atoms with van der Waals surface area (Å²) in [7, 11) is 1.66. The van der Waals surface area contributed by atoms with Crippen LogP contribution in [0.3, 0.4) is 0 Å². The molecule has 0 unspecified atom stereocenters. The Balaban J connectivity index is 1.53. The molecule has 1 N–H and O–H groups in total. The third-order valence-electron chi connectivity index (χ3n) is 6.21. The maximum atomic E-state index is 12.7. The van der Waals surface area contributed by atoms with Crippen molar-refractivity contribution in [2.75, 3.05) is 12.4 Å². The molecule has 0 saturated heterocycles. The number of carbonyl (C=O) groups is 1. The van der Waals surface area contributed by atoms with E-state index in [9.17, 15) is 4.79 Å². The molecule has 166 valence electrons. The molecule has 1 aliphatic rings. The van der Waals surface area contributed by atoms with Crippen molar-refractivity contribution in [3.63, 3.8) is 0 Å². The predicted molar refractivity (Wildman–Crippen MR) is 128 cm³/mol. The number of anilines is 1. The zero-order chi connectivity index (χ0) is 22.2. The van der Waals surface area contributed by atoms with Gasteiger partial charge in [-0.3, -0.25) is 4.79 Å². The van der Waals surface area contributed by atoms with Crippen molar-refractivity contribution in [1.29, 1.82) is 0 Å². The molecule has 3 aromatic rings. The molecular weight excluding hydrogens is 398 g/mol. The van der Waals surface area contributed by atoms with Crippen LogP contribution < -0.4 is 10.1 Å². The van der Waals surface area contributed by atoms with Gasteiger partial charge in [0, 0.05) is 5.56 Å². The number of aromatic nitrogens is 2. The van der Waals surface area contributed by atoms with Gasteiger partial charge in [0.25, 0.3) is 0 Å². The summed E-state index contributed by atoms with van der Waals surface area (Å²) in [5.74, 6) is 2.06. The van der Waals surface area contributed by atoms with E-state index in [1.165, 1.54) is 32.1 Å². The highest BCUT2D eigenvalue weighted by Crippen LogP contribution is 2.29. The van der Waals surface area contributed by atoms with Gasteiger partial charge in [0.15, 0.2) is 5.82 Å². The third-order valence-corrected chi connectivity index (χ3v) is 6.21. The highest BCUT2D eigenvalue weighted by molar-refractivity contribution is 5.91. The van der Waals surface area contributed by atoms with Crippen LogP contribution in [0.15, 0.2) is 60.8 Å². The first-order valence-electron chi connectivity index (χ1n) is 11.6. The fourth-order valence-corrected chi connectivity index (χ4v) is 4.38. The molecule has 1 heterocycles. The maximum absolute atomic E-state index is 12.7. The first kappa shape index (κ1) is 22.0. The average Bonchev–Trinajstić information content (AvgIpc) is 2.84. The van der Waals surface area contributed by atoms with Gasteiger partial charge in [-0.15, -0.1) is 0 Å². The highest BCUT2D eigenvalue weighted by atomic mass is 16.5. The molecule has 5 nitrogen and oxygen atoms in total. The third kappa shape index (κ3) is 5.94. The first-order valence-corrected chi connectivity index (χ1v) is 11.6. The van der Waals surface area contributed by atoms with Crippen molar-refractivity contribution in [2.45, 2.75) is 51.4 Å². The number of aryl methyl sites for hydroxylation is 1. The van der Waals surface area contributed by atoms with Crippen LogP contribution >= 0.6 is 0 Å². The van der Waals surface area contributed by atoms with Crippen molar-refractivity contribution in [3.05, 3.63) is 72.1 Å². The first-order chi connectivity index (χ1) is 15.7. The lowest BCUT2D eigenvalue weighted by Crippen LogP contribution is -2.18. The lowest BCUT2D eigenvalue weighted by Gasteiger charge is -2.21. The number of hydrogen-bond donors (Lipinski definition) is 1. The highest BCUT2D eigenvalue weighted by Gasteiger charge is 2.17. The fraction of sp³-hybridized carbons (Fsp3) is 0.370. The summed E-state index contributed by atoms with van der Waals surface area (Å²) in [6.07, 6.45) is 10.6. The number of rotatable bonds is 8. The number of ether oxygens (including phenoxy) is 1. The van der Waals surface area contributed by atoms with Crippen molar-refractivity contribution >= 4 is 11.7 Å². The second-order valence-corrected chi connectivity index (χ2v) is 8.53. The molecule has 0 spiro atoms. The van der Waals surface area contributed by atoms with Gasteiger partial charge < -0.3 is 10.1 Å². The van der Waals surface area contributed by atoms with Crippen LogP contribution in [0.4, 0.5) is 5.82 Å². The van der Waals surface area contributed by atoms with Gasteiger partial charge in [-0.05, 0) is 48.6 Å². The van der Waals surface area contributed by atoms with Crippen LogP contribution in [-0.2, 0) is 17.6 Å². The molecule has 4 rings (SSSR count). The number of amides is 1. The number of carbonyl (C=O) groups excluding carboxylic acids is 1. The summed E-state index contributed by atoms with van der Waals surface area (Å²) in [5.41, 5.74) is 3.65. The maximum Gasteiger partial charge on any atom is 0.229 e. The molecule has 1 aliphatic carbocycles. The van der Waals surface area contributed by atoms with Gasteiger partial charge in [-0.2, -0.15) is 0 Å². The Morgan fingerprint density at radius 3 is 2.50 bits per heavy atom. The van der Waals surface area contributed by atoms with E-state index >= 15 is 0 Å². The van der Waals surface area contributed by atoms with Crippen LogP contribution in [0.2, 0.25) is 0 Å². The number of benzene rings is 2. The lowest BCUT2D eigenvalue weighted by atomic mass is 9.86. The van der Waals surface area contributed by atoms with E-state index in [2.05, 4.69) is 10.3 Å². The van der Waals surface area contributed by atoms with Crippen LogP contribution in [-0.4, -0.2) is 23.0 Å². The van der Waals surface area contributed by atoms with Crippen LogP contribution in [0.1, 0.15) is 49.8 Å². The monoisotopic (exact) mass is 429 g/mol. The second kappa shape index (κ2) is 10.9. The normalized spacial score (nSPS) is 14.2. The van der Waals surface area contributed by atoms with Crippen LogP contribution in [0.5, 0.6) is 5.75 Å². The molecule has 0 atom stereocenters. The Morgan fingerprint density at radius 1 is 1.03 bits per heavy atom. The quantitative estimate of drug-likeness (QED) is 0.488. The Bertz CT molecular complexity index is 1010. The Hall–Kier alpha value is -3.21. The van der Waals surface area contributed by atoms with E-state index in [0.29, 0.717) is 12.2 Å². The summed E-state index contributed by atoms with van der Waals surface area (Å²) in [6, 6.07) is 17.6. The molecule has 0 radical (unpaired) electrons. The molecular formula is C27H31N3O2. The minimum Gasteiger partial charge on any atom is -0.497 e. The van der Waals surface area contributed by atoms with Crippen molar-refractivity contribution in [1.82, 2.24) is 9.97 Å². The second-order valence-electron chi connectivity index (χ2n) is 8.53. The molecule has 0 aliphatic heterocycles. The largest absolute Gasteiger partial charge is 0.497 e. The zero-order valence-corrected chi connectivity index (χ0v) is 18.7. The molecule has 5 heteroatoms. The van der Waals surface area contributed by atoms with Crippen LogP contribution in [0.25, 0.3) is 11.3 Å². The molecule has 32 heavy (non-hydrogen) atoms. The summed E-state index contributed by atoms with van der Waals surface area (Å²) in [6.45, 7) is 0. The number of nitrogens with one attached hydrogen (secondary N) is 1. The summed E-state index contributed by atoms with van der Waals surface area (Å²) in [4.78, 5) is 22.2. The van der Waals surface area contributed by atoms with E-state index in [0.717, 1.165) is 47.0 Å². The average molecular weight is 430 g/mol. The molecule has 2 aromatic carbocycles. The van der Waals surface area contributed by atoms with Gasteiger partial charge in [0.2, 0.25) is 5.91 Å². The minimum atomic E-state index is -0.0680. The van der Waals surface area contributed by atoms with Gasteiger partial charge in [0.1, 0.15) is 5.75 Å². The molecule has 0 bridgehead atoms. The fourth-order valence-electron chi connectivity index (χ4n) is 4.38. The van der Waals surface area contributed by atoms with E-state index in [1.807, 2.05) is 54.6 Å². The van der Waals surface area contributed by atoms with Crippen molar-refractivity contribution in [2.24, 2.45) is 5.92 Å². The van der Waals surface area contributed by atoms with Crippen molar-refractivity contribution in [3.8, 4) is 17.0 Å². The van der Waals surface area contributed by atoms with E-state index < -0.39 is 0 Å². The molecule has 1 aromatic heterocycles. The van der Waals surface area contributed by atoms with Crippen LogP contribution in [0, 0.1) is 5.92 Å². The summed E-state index contributed by atoms with van der Waals surface area (Å²) in [5, 5.41) is 3.01. The van der Waals surface area contributed by atoms with Gasteiger partial charge >= 0.3 is 0 Å². The Kier molecular flexibility index (Phi) is 7.49. The van der Waals surface area contributed by atoms with Gasteiger partial charge in [-0.1, -0.05) is 62.4 Å². The molecule has 1 amide bonds. The zero-order valence-electron chi connectivity index (χ0n) is 18.7. The van der Waals surface area contributed by atoms with E-state index in [1.54, 1.807) is 13.3 Å². The Labute approximate surface area is 190 Å². The SMILES string of the molecule is COc1ccc(-c2cnc(NC(=O)Cc3ccccc3)c(CCC3CCCCC3)n2)cc1. The number of nitrogens with zero attached hydrogens (tertiary/aromatic N) is 2. The number of hydrogen-bond acceptors (Lipinski definition) is 4. The molecule has 1 saturated carbocycles. The minimum absolute atomic E-state index is 0.0680.